The van der Waals surface area contributed by atoms with E-state index in [9.17, 15) is 34.1 Å². The Kier molecular flexibility index (Phi) is 11.3. The van der Waals surface area contributed by atoms with Crippen molar-refractivity contribution in [3.8, 4) is 0 Å². The molecule has 1 aliphatic heterocycles. The monoisotopic (exact) mass is 558 g/mol. The second-order valence-corrected chi connectivity index (χ2v) is 8.37. The summed E-state index contributed by atoms with van der Waals surface area (Å²) in [6.07, 6.45) is -4.22. The average molecular weight is 558 g/mol. The van der Waals surface area contributed by atoms with Crippen molar-refractivity contribution in [1.29, 1.82) is 0 Å². The molecule has 1 amide bonds. The molecular weight excluding hydrogens is 528 g/mol. The van der Waals surface area contributed by atoms with Crippen molar-refractivity contribution in [2.75, 3.05) is 26.8 Å². The van der Waals surface area contributed by atoms with Crippen LogP contribution in [0, 0.1) is 10.1 Å². The van der Waals surface area contributed by atoms with Crippen LogP contribution in [0.4, 0.5) is 5.95 Å². The number of carbonyl (C=O) groups is 5. The van der Waals surface area contributed by atoms with Gasteiger partial charge in [0.15, 0.2) is 31.1 Å². The minimum atomic E-state index is -1.40. The van der Waals surface area contributed by atoms with Crippen LogP contribution in [0.25, 0.3) is 0 Å². The molecule has 216 valence electrons. The zero-order valence-corrected chi connectivity index (χ0v) is 22.0. The van der Waals surface area contributed by atoms with Gasteiger partial charge in [-0.05, 0) is 4.92 Å². The first-order valence-corrected chi connectivity index (χ1v) is 11.6. The number of nitro groups is 1. The predicted molar refractivity (Wildman–Crippen MR) is 124 cm³/mol. The Balaban J connectivity index is 2.18. The molecular formula is C22H30N4O13. The number of esters is 4. The summed E-state index contributed by atoms with van der Waals surface area (Å²) >= 11 is 0. The van der Waals surface area contributed by atoms with Gasteiger partial charge in [-0.25, -0.2) is 4.57 Å². The van der Waals surface area contributed by atoms with E-state index >= 15 is 0 Å². The van der Waals surface area contributed by atoms with Crippen LogP contribution in [0.15, 0.2) is 12.4 Å². The van der Waals surface area contributed by atoms with Crippen molar-refractivity contribution in [3.63, 3.8) is 0 Å². The van der Waals surface area contributed by atoms with Crippen molar-refractivity contribution in [3.05, 3.63) is 22.5 Å². The summed E-state index contributed by atoms with van der Waals surface area (Å²) in [6, 6.07) is 0. The van der Waals surface area contributed by atoms with Gasteiger partial charge in [-0.15, -0.1) is 0 Å². The molecule has 2 rings (SSSR count). The van der Waals surface area contributed by atoms with Crippen molar-refractivity contribution in [2.45, 2.75) is 64.9 Å². The molecule has 0 spiro atoms. The molecule has 1 aliphatic rings. The highest BCUT2D eigenvalue weighted by atomic mass is 16.7. The lowest BCUT2D eigenvalue weighted by Gasteiger charge is -2.44. The highest BCUT2D eigenvalue weighted by molar-refractivity contribution is 5.76. The Hall–Kier alpha value is -4.12. The molecule has 0 saturated carbocycles. The Morgan fingerprint density at radius 3 is 2.15 bits per heavy atom. The van der Waals surface area contributed by atoms with E-state index in [-0.39, 0.29) is 19.7 Å². The molecule has 0 radical (unpaired) electrons. The van der Waals surface area contributed by atoms with Crippen molar-refractivity contribution in [2.24, 2.45) is 0 Å². The summed E-state index contributed by atoms with van der Waals surface area (Å²) in [5, 5.41) is 11.0. The zero-order chi connectivity index (χ0) is 29.3. The van der Waals surface area contributed by atoms with Crippen molar-refractivity contribution in [1.82, 2.24) is 14.5 Å². The van der Waals surface area contributed by atoms with Gasteiger partial charge in [-0.3, -0.25) is 24.0 Å². The number of likely N-dealkylation sites (N-methyl/N-ethyl adjacent to an activating group) is 1. The molecule has 0 aromatic carbocycles. The van der Waals surface area contributed by atoms with E-state index in [0.717, 1.165) is 32.3 Å². The summed E-state index contributed by atoms with van der Waals surface area (Å²) in [6.45, 7) is 3.43. The minimum absolute atomic E-state index is 0.0335. The van der Waals surface area contributed by atoms with E-state index in [2.05, 4.69) is 4.98 Å². The number of carbonyl (C=O) groups excluding carboxylic acids is 5. The summed E-state index contributed by atoms with van der Waals surface area (Å²) in [4.78, 5) is 74.5. The van der Waals surface area contributed by atoms with Gasteiger partial charge >= 0.3 is 29.8 Å². The predicted octanol–water partition coefficient (Wildman–Crippen LogP) is -0.651. The standard InChI is InChI=1S/C22H30N4O13/c1-12(27)35-11-16-18(36-13(2)28)19(37-14(3)29)20(38-15(4)30)21(39-16)34-9-8-24(5)17(31)10-25-7-6-23-22(25)26(32)33/h6-7,16,18-21H,8-11H2,1-5H3/t16-,18-,19+,20+,21+/m1/s1. The van der Waals surface area contributed by atoms with E-state index in [4.69, 9.17) is 28.4 Å². The van der Waals surface area contributed by atoms with E-state index in [1.807, 2.05) is 0 Å². The molecule has 1 saturated heterocycles. The Morgan fingerprint density at radius 1 is 1.00 bits per heavy atom. The van der Waals surface area contributed by atoms with Crippen LogP contribution in [-0.4, -0.2) is 107 Å². The summed E-state index contributed by atoms with van der Waals surface area (Å²) < 4.78 is 33.5. The number of imidazole rings is 1. The van der Waals surface area contributed by atoms with Crippen LogP contribution >= 0.6 is 0 Å². The van der Waals surface area contributed by atoms with Gasteiger partial charge in [0, 0.05) is 41.3 Å². The minimum Gasteiger partial charge on any atom is -0.463 e. The van der Waals surface area contributed by atoms with Crippen LogP contribution in [-0.2, 0) is 58.9 Å². The molecule has 0 N–H and O–H groups in total. The molecule has 39 heavy (non-hydrogen) atoms. The highest BCUT2D eigenvalue weighted by Crippen LogP contribution is 2.30. The second kappa shape index (κ2) is 14.1. The molecule has 17 nitrogen and oxygen atoms in total. The molecule has 17 heteroatoms. The van der Waals surface area contributed by atoms with Crippen LogP contribution in [0.3, 0.4) is 0 Å². The summed E-state index contributed by atoms with van der Waals surface area (Å²) in [5.41, 5.74) is 0. The normalized spacial score (nSPS) is 22.3. The van der Waals surface area contributed by atoms with Crippen molar-refractivity contribution < 1.29 is 57.3 Å². The number of aromatic nitrogens is 2. The van der Waals surface area contributed by atoms with E-state index in [1.54, 1.807) is 0 Å². The molecule has 5 atom stereocenters. The maximum Gasteiger partial charge on any atom is 0.435 e. The second-order valence-electron chi connectivity index (χ2n) is 8.37. The lowest BCUT2D eigenvalue weighted by molar-refractivity contribution is -0.396. The Morgan fingerprint density at radius 2 is 1.59 bits per heavy atom. The molecule has 1 aromatic heterocycles. The molecule has 0 aliphatic carbocycles. The smallest absolute Gasteiger partial charge is 0.435 e. The number of hydrogen-bond donors (Lipinski definition) is 0. The van der Waals surface area contributed by atoms with Gasteiger partial charge in [0.05, 0.1) is 6.61 Å². The molecule has 0 unspecified atom stereocenters. The number of ether oxygens (including phenoxy) is 6. The Labute approximate surface area is 222 Å². The Bertz CT molecular complexity index is 1070. The topological polar surface area (TPSA) is 205 Å². The van der Waals surface area contributed by atoms with Crippen LogP contribution < -0.4 is 0 Å². The van der Waals surface area contributed by atoms with Gasteiger partial charge in [0.1, 0.15) is 25.1 Å². The molecule has 1 fully saturated rings. The lowest BCUT2D eigenvalue weighted by atomic mass is 9.98. The lowest BCUT2D eigenvalue weighted by Crippen LogP contribution is -2.63. The third kappa shape index (κ3) is 9.29. The fraction of sp³-hybridized carbons (Fsp3) is 0.636. The van der Waals surface area contributed by atoms with Crippen molar-refractivity contribution >= 4 is 35.7 Å². The summed E-state index contributed by atoms with van der Waals surface area (Å²) in [7, 11) is 1.43. The van der Waals surface area contributed by atoms with Crippen LogP contribution in [0.1, 0.15) is 27.7 Å². The van der Waals surface area contributed by atoms with E-state index in [1.165, 1.54) is 24.3 Å². The quantitative estimate of drug-likeness (QED) is 0.135. The van der Waals surface area contributed by atoms with Gasteiger partial charge in [-0.2, -0.15) is 0 Å². The summed E-state index contributed by atoms with van der Waals surface area (Å²) in [5.74, 6) is -4.01. The first-order valence-electron chi connectivity index (χ1n) is 11.6. The first-order chi connectivity index (χ1) is 18.3. The average Bonchev–Trinajstić information content (AvgIpc) is 3.28. The zero-order valence-electron chi connectivity index (χ0n) is 22.0. The van der Waals surface area contributed by atoms with Crippen LogP contribution in [0.2, 0.25) is 0 Å². The SMILES string of the molecule is CC(=O)OC[C@H]1O[C@H](OCCN(C)C(=O)Cn2ccnc2[N+](=O)[O-])[C@@H](OC(C)=O)[C@@H](OC(C)=O)[C@@H]1OC(C)=O. The maximum atomic E-state index is 12.5. The molecule has 1 aromatic rings. The fourth-order valence-electron chi connectivity index (χ4n) is 3.62. The molecule has 0 bridgehead atoms. The van der Waals surface area contributed by atoms with Gasteiger partial charge in [0.2, 0.25) is 0 Å². The van der Waals surface area contributed by atoms with Crippen LogP contribution in [0.5, 0.6) is 0 Å². The third-order valence-electron chi connectivity index (χ3n) is 5.25. The third-order valence-corrected chi connectivity index (χ3v) is 5.25. The molecule has 2 heterocycles. The fourth-order valence-corrected chi connectivity index (χ4v) is 3.62. The van der Waals surface area contributed by atoms with Gasteiger partial charge in [-0.1, -0.05) is 4.98 Å². The largest absolute Gasteiger partial charge is 0.463 e. The highest BCUT2D eigenvalue weighted by Gasteiger charge is 2.52. The number of rotatable bonds is 12. The van der Waals surface area contributed by atoms with E-state index < -0.39 is 78.0 Å². The number of amides is 1. The van der Waals surface area contributed by atoms with Gasteiger partial charge < -0.3 is 43.4 Å². The van der Waals surface area contributed by atoms with E-state index in [0.29, 0.717) is 0 Å². The number of hydrogen-bond acceptors (Lipinski definition) is 14. The maximum absolute atomic E-state index is 12.5. The van der Waals surface area contributed by atoms with Gasteiger partial charge in [0.25, 0.3) is 5.91 Å². The first kappa shape index (κ1) is 31.1. The number of nitrogens with zero attached hydrogens (tertiary/aromatic N) is 4.